The molecule has 5 heteroatoms. The molecule has 0 heterocycles. The number of methoxy groups -OCH3 is 2. The smallest absolute Gasteiger partial charge is 0.175 e. The fraction of sp³-hybridized carbons (Fsp3) is 0.600. The first-order valence-corrected chi connectivity index (χ1v) is 7.75. The van der Waals surface area contributed by atoms with Gasteiger partial charge in [-0.1, -0.05) is 0 Å². The summed E-state index contributed by atoms with van der Waals surface area (Å²) in [6.45, 7) is 2.18. The van der Waals surface area contributed by atoms with Crippen LogP contribution >= 0.6 is 15.9 Å². The molecule has 0 atom stereocenters. The van der Waals surface area contributed by atoms with Crippen LogP contribution in [-0.2, 0) is 11.3 Å². The van der Waals surface area contributed by atoms with Gasteiger partial charge in [0, 0.05) is 32.7 Å². The molecule has 1 aliphatic rings. The van der Waals surface area contributed by atoms with Crippen LogP contribution in [0.15, 0.2) is 16.6 Å². The van der Waals surface area contributed by atoms with E-state index < -0.39 is 0 Å². The number of rotatable bonds is 9. The lowest BCUT2D eigenvalue weighted by Crippen LogP contribution is -2.15. The first-order valence-electron chi connectivity index (χ1n) is 6.96. The standard InChI is InChI=1S/C15H22BrNO3/c1-18-6-3-7-20-15-13(16)8-11(9-14(15)19-2)10-17-12-4-5-12/h8-9,12,17H,3-7,10H2,1-2H3. The normalized spacial score (nSPS) is 14.3. The Morgan fingerprint density at radius 2 is 2.05 bits per heavy atom. The fourth-order valence-corrected chi connectivity index (χ4v) is 2.55. The van der Waals surface area contributed by atoms with E-state index in [-0.39, 0.29) is 0 Å². The number of hydrogen-bond acceptors (Lipinski definition) is 4. The molecule has 0 aromatic heterocycles. The number of ether oxygens (including phenoxy) is 3. The molecule has 2 rings (SSSR count). The topological polar surface area (TPSA) is 39.7 Å². The quantitative estimate of drug-likeness (QED) is 0.699. The van der Waals surface area contributed by atoms with Crippen LogP contribution in [0.3, 0.4) is 0 Å². The third-order valence-electron chi connectivity index (χ3n) is 3.20. The Hall–Kier alpha value is -0.780. The highest BCUT2D eigenvalue weighted by molar-refractivity contribution is 9.10. The van der Waals surface area contributed by atoms with E-state index in [9.17, 15) is 0 Å². The van der Waals surface area contributed by atoms with Crippen LogP contribution < -0.4 is 14.8 Å². The van der Waals surface area contributed by atoms with E-state index in [4.69, 9.17) is 14.2 Å². The molecule has 0 bridgehead atoms. The van der Waals surface area contributed by atoms with E-state index in [0.717, 1.165) is 28.9 Å². The van der Waals surface area contributed by atoms with Gasteiger partial charge in [0.2, 0.25) is 0 Å². The van der Waals surface area contributed by atoms with Gasteiger partial charge in [0.1, 0.15) is 0 Å². The fourth-order valence-electron chi connectivity index (χ4n) is 1.94. The van der Waals surface area contributed by atoms with Crippen LogP contribution in [0, 0.1) is 0 Å². The highest BCUT2D eigenvalue weighted by Gasteiger charge is 2.20. The molecule has 4 nitrogen and oxygen atoms in total. The van der Waals surface area contributed by atoms with Crippen LogP contribution in [0.4, 0.5) is 0 Å². The Morgan fingerprint density at radius 3 is 2.70 bits per heavy atom. The average molecular weight is 344 g/mol. The van der Waals surface area contributed by atoms with Crippen molar-refractivity contribution >= 4 is 15.9 Å². The van der Waals surface area contributed by atoms with E-state index in [2.05, 4.69) is 27.3 Å². The van der Waals surface area contributed by atoms with Gasteiger partial charge in [0.05, 0.1) is 18.2 Å². The summed E-state index contributed by atoms with van der Waals surface area (Å²) in [7, 11) is 3.36. The van der Waals surface area contributed by atoms with Crippen molar-refractivity contribution < 1.29 is 14.2 Å². The lowest BCUT2D eigenvalue weighted by atomic mass is 10.2. The van der Waals surface area contributed by atoms with E-state index in [1.807, 2.05) is 6.07 Å². The highest BCUT2D eigenvalue weighted by atomic mass is 79.9. The molecule has 1 fully saturated rings. The maximum atomic E-state index is 5.78. The van der Waals surface area contributed by atoms with Crippen molar-refractivity contribution in [3.63, 3.8) is 0 Å². The summed E-state index contributed by atoms with van der Waals surface area (Å²) >= 11 is 3.57. The number of nitrogens with one attached hydrogen (secondary N) is 1. The summed E-state index contributed by atoms with van der Waals surface area (Å²) in [6.07, 6.45) is 3.44. The van der Waals surface area contributed by atoms with Gasteiger partial charge in [-0.15, -0.1) is 0 Å². The second-order valence-electron chi connectivity index (χ2n) is 4.96. The Labute approximate surface area is 128 Å². The number of hydrogen-bond donors (Lipinski definition) is 1. The van der Waals surface area contributed by atoms with Crippen molar-refractivity contribution in [2.24, 2.45) is 0 Å². The highest BCUT2D eigenvalue weighted by Crippen LogP contribution is 2.37. The average Bonchev–Trinajstić information content (AvgIpc) is 3.26. The summed E-state index contributed by atoms with van der Waals surface area (Å²) in [5, 5.41) is 3.50. The van der Waals surface area contributed by atoms with Crippen molar-refractivity contribution in [2.45, 2.75) is 31.8 Å². The maximum Gasteiger partial charge on any atom is 0.175 e. The van der Waals surface area contributed by atoms with E-state index in [1.54, 1.807) is 14.2 Å². The lowest BCUT2D eigenvalue weighted by Gasteiger charge is -2.14. The summed E-state index contributed by atoms with van der Waals surface area (Å²) in [4.78, 5) is 0. The molecule has 0 radical (unpaired) electrons. The van der Waals surface area contributed by atoms with Crippen LogP contribution in [0.2, 0.25) is 0 Å². The summed E-state index contributed by atoms with van der Waals surface area (Å²) in [6, 6.07) is 4.82. The molecule has 1 saturated carbocycles. The van der Waals surface area contributed by atoms with Gasteiger partial charge in [-0.3, -0.25) is 0 Å². The van der Waals surface area contributed by atoms with Gasteiger partial charge in [-0.25, -0.2) is 0 Å². The number of halogens is 1. The minimum Gasteiger partial charge on any atom is -0.493 e. The Balaban J connectivity index is 1.98. The molecule has 1 aromatic rings. The third kappa shape index (κ3) is 4.65. The number of benzene rings is 1. The maximum absolute atomic E-state index is 5.78. The second kappa shape index (κ2) is 7.86. The van der Waals surface area contributed by atoms with Crippen molar-refractivity contribution in [3.05, 3.63) is 22.2 Å². The second-order valence-corrected chi connectivity index (χ2v) is 5.81. The Bertz CT molecular complexity index is 435. The van der Waals surface area contributed by atoms with Gasteiger partial charge in [0.25, 0.3) is 0 Å². The van der Waals surface area contributed by atoms with Gasteiger partial charge in [-0.05, 0) is 46.5 Å². The molecule has 0 spiro atoms. The monoisotopic (exact) mass is 343 g/mol. The zero-order valence-corrected chi connectivity index (χ0v) is 13.7. The molecule has 1 aliphatic carbocycles. The zero-order valence-electron chi connectivity index (χ0n) is 12.1. The van der Waals surface area contributed by atoms with Crippen LogP contribution in [0.5, 0.6) is 11.5 Å². The minimum atomic E-state index is 0.614. The zero-order chi connectivity index (χ0) is 14.4. The summed E-state index contributed by atoms with van der Waals surface area (Å²) in [5.41, 5.74) is 1.20. The molecule has 1 N–H and O–H groups in total. The summed E-state index contributed by atoms with van der Waals surface area (Å²) < 4.78 is 17.2. The molecule has 0 amide bonds. The van der Waals surface area contributed by atoms with Gasteiger partial charge in [-0.2, -0.15) is 0 Å². The van der Waals surface area contributed by atoms with Crippen molar-refractivity contribution in [3.8, 4) is 11.5 Å². The molecule has 0 saturated heterocycles. The predicted octanol–water partition coefficient (Wildman–Crippen LogP) is 3.13. The summed E-state index contributed by atoms with van der Waals surface area (Å²) in [5.74, 6) is 1.53. The van der Waals surface area contributed by atoms with Crippen LogP contribution in [-0.4, -0.2) is 33.5 Å². The van der Waals surface area contributed by atoms with Crippen LogP contribution in [0.1, 0.15) is 24.8 Å². The lowest BCUT2D eigenvalue weighted by molar-refractivity contribution is 0.170. The molecular formula is C15H22BrNO3. The van der Waals surface area contributed by atoms with E-state index in [1.165, 1.54) is 18.4 Å². The molecule has 0 unspecified atom stereocenters. The Kier molecular flexibility index (Phi) is 6.13. The SMILES string of the molecule is COCCCOc1c(Br)cc(CNC2CC2)cc1OC. The molecular weight excluding hydrogens is 322 g/mol. The Morgan fingerprint density at radius 1 is 1.25 bits per heavy atom. The first-order chi connectivity index (χ1) is 9.74. The molecule has 20 heavy (non-hydrogen) atoms. The minimum absolute atomic E-state index is 0.614. The van der Waals surface area contributed by atoms with E-state index >= 15 is 0 Å². The van der Waals surface area contributed by atoms with Gasteiger partial charge in [0.15, 0.2) is 11.5 Å². The van der Waals surface area contributed by atoms with E-state index in [0.29, 0.717) is 19.3 Å². The van der Waals surface area contributed by atoms with Crippen LogP contribution in [0.25, 0.3) is 0 Å². The molecule has 1 aromatic carbocycles. The van der Waals surface area contributed by atoms with Gasteiger partial charge < -0.3 is 19.5 Å². The molecule has 0 aliphatic heterocycles. The van der Waals surface area contributed by atoms with Crippen molar-refractivity contribution in [1.29, 1.82) is 0 Å². The van der Waals surface area contributed by atoms with Crippen molar-refractivity contribution in [2.75, 3.05) is 27.4 Å². The van der Waals surface area contributed by atoms with Gasteiger partial charge >= 0.3 is 0 Å². The predicted molar refractivity (Wildman–Crippen MR) is 82.5 cm³/mol. The molecule has 112 valence electrons. The van der Waals surface area contributed by atoms with Crippen molar-refractivity contribution in [1.82, 2.24) is 5.32 Å². The first kappa shape index (κ1) is 15.6. The largest absolute Gasteiger partial charge is 0.493 e. The third-order valence-corrected chi connectivity index (χ3v) is 3.79.